The first-order chi connectivity index (χ1) is 11.1. The monoisotopic (exact) mass is 319 g/mol. The van der Waals surface area contributed by atoms with Gasteiger partial charge in [-0.1, -0.05) is 13.0 Å². The quantitative estimate of drug-likeness (QED) is 0.657. The Kier molecular flexibility index (Phi) is 4.44. The van der Waals surface area contributed by atoms with Gasteiger partial charge < -0.3 is 20.1 Å². The van der Waals surface area contributed by atoms with E-state index in [9.17, 15) is 15.2 Å². The van der Waals surface area contributed by atoms with Crippen LogP contribution >= 0.6 is 0 Å². The molecule has 1 N–H and O–H groups in total. The summed E-state index contributed by atoms with van der Waals surface area (Å²) in [6.07, 6.45) is 2.08. The average Bonchev–Trinajstić information content (AvgIpc) is 2.95. The van der Waals surface area contributed by atoms with Gasteiger partial charge in [0.1, 0.15) is 0 Å². The van der Waals surface area contributed by atoms with Crippen molar-refractivity contribution in [2.24, 2.45) is 0 Å². The SMILES string of the molecule is CCC(O)CN1CCN(c2nc3ccccn3c2[N+](=O)[O-])CC1. The van der Waals surface area contributed by atoms with Crippen LogP contribution in [0.25, 0.3) is 5.65 Å². The number of nitro groups is 1. The van der Waals surface area contributed by atoms with E-state index in [0.29, 0.717) is 31.1 Å². The van der Waals surface area contributed by atoms with Crippen molar-refractivity contribution in [2.45, 2.75) is 19.4 Å². The molecule has 1 fully saturated rings. The molecule has 8 nitrogen and oxygen atoms in total. The summed E-state index contributed by atoms with van der Waals surface area (Å²) in [7, 11) is 0. The van der Waals surface area contributed by atoms with Crippen molar-refractivity contribution in [2.75, 3.05) is 37.6 Å². The molecule has 3 rings (SSSR count). The van der Waals surface area contributed by atoms with Gasteiger partial charge in [-0.15, -0.1) is 0 Å². The van der Waals surface area contributed by atoms with Gasteiger partial charge in [0.05, 0.1) is 12.3 Å². The number of hydrogen-bond donors (Lipinski definition) is 1. The molecule has 1 unspecified atom stereocenters. The number of aliphatic hydroxyl groups excluding tert-OH is 1. The fourth-order valence-electron chi connectivity index (χ4n) is 2.92. The molecule has 124 valence electrons. The third-order valence-corrected chi connectivity index (χ3v) is 4.27. The van der Waals surface area contributed by atoms with Gasteiger partial charge in [0.2, 0.25) is 11.5 Å². The van der Waals surface area contributed by atoms with Crippen molar-refractivity contribution in [3.8, 4) is 0 Å². The van der Waals surface area contributed by atoms with Gasteiger partial charge >= 0.3 is 5.82 Å². The summed E-state index contributed by atoms with van der Waals surface area (Å²) in [6.45, 7) is 5.48. The molecule has 1 saturated heterocycles. The fraction of sp³-hybridized carbons (Fsp3) is 0.533. The van der Waals surface area contributed by atoms with Crippen molar-refractivity contribution in [3.05, 3.63) is 34.5 Å². The van der Waals surface area contributed by atoms with Crippen LogP contribution in [0.5, 0.6) is 0 Å². The molecular formula is C15H21N5O3. The highest BCUT2D eigenvalue weighted by Gasteiger charge is 2.29. The van der Waals surface area contributed by atoms with Crippen LogP contribution in [-0.2, 0) is 0 Å². The van der Waals surface area contributed by atoms with Gasteiger partial charge in [-0.25, -0.2) is 0 Å². The molecule has 0 radical (unpaired) electrons. The Morgan fingerprint density at radius 2 is 2.09 bits per heavy atom. The fourth-order valence-corrected chi connectivity index (χ4v) is 2.92. The average molecular weight is 319 g/mol. The number of pyridine rings is 1. The molecule has 23 heavy (non-hydrogen) atoms. The van der Waals surface area contributed by atoms with Gasteiger partial charge in [0, 0.05) is 38.8 Å². The summed E-state index contributed by atoms with van der Waals surface area (Å²) >= 11 is 0. The zero-order valence-corrected chi connectivity index (χ0v) is 13.1. The lowest BCUT2D eigenvalue weighted by Gasteiger charge is -2.35. The standard InChI is InChI=1S/C15H21N5O3/c1-2-12(21)11-17-7-9-18(10-8-17)14-15(20(22)23)19-6-4-3-5-13(19)16-14/h3-6,12,21H,2,7-11H2,1H3. The van der Waals surface area contributed by atoms with Crippen LogP contribution in [0, 0.1) is 10.1 Å². The van der Waals surface area contributed by atoms with Crippen LogP contribution in [0.15, 0.2) is 24.4 Å². The molecule has 1 aliphatic rings. The second-order valence-corrected chi connectivity index (χ2v) is 5.79. The van der Waals surface area contributed by atoms with Gasteiger partial charge in [0.15, 0.2) is 0 Å². The predicted molar refractivity (Wildman–Crippen MR) is 86.8 cm³/mol. The molecule has 0 amide bonds. The largest absolute Gasteiger partial charge is 0.392 e. The minimum Gasteiger partial charge on any atom is -0.392 e. The van der Waals surface area contributed by atoms with E-state index in [1.54, 1.807) is 18.3 Å². The number of piperazine rings is 1. The van der Waals surface area contributed by atoms with Crippen LogP contribution in [0.2, 0.25) is 0 Å². The summed E-state index contributed by atoms with van der Waals surface area (Å²) in [5, 5.41) is 21.2. The van der Waals surface area contributed by atoms with Crippen LogP contribution in [0.3, 0.4) is 0 Å². The zero-order valence-electron chi connectivity index (χ0n) is 13.1. The van der Waals surface area contributed by atoms with Crippen LogP contribution in [0.1, 0.15) is 13.3 Å². The molecule has 1 aliphatic heterocycles. The second kappa shape index (κ2) is 6.51. The van der Waals surface area contributed by atoms with Crippen molar-refractivity contribution < 1.29 is 10.0 Å². The molecule has 0 aromatic carbocycles. The first-order valence-corrected chi connectivity index (χ1v) is 7.87. The summed E-state index contributed by atoms with van der Waals surface area (Å²) < 4.78 is 1.52. The number of fused-ring (bicyclic) bond motifs is 1. The highest BCUT2D eigenvalue weighted by Crippen LogP contribution is 2.29. The molecule has 3 heterocycles. The highest BCUT2D eigenvalue weighted by molar-refractivity contribution is 5.63. The minimum absolute atomic E-state index is 0.0163. The molecular weight excluding hydrogens is 298 g/mol. The Hall–Kier alpha value is -2.19. The topological polar surface area (TPSA) is 87.2 Å². The molecule has 0 saturated carbocycles. The maximum Gasteiger partial charge on any atom is 0.372 e. The number of hydrogen-bond acceptors (Lipinski definition) is 6. The van der Waals surface area contributed by atoms with Gasteiger partial charge in [-0.3, -0.25) is 4.90 Å². The lowest BCUT2D eigenvalue weighted by molar-refractivity contribution is -0.389. The summed E-state index contributed by atoms with van der Waals surface area (Å²) in [5.74, 6) is 0.444. The third kappa shape index (κ3) is 3.13. The van der Waals surface area contributed by atoms with E-state index >= 15 is 0 Å². The summed E-state index contributed by atoms with van der Waals surface area (Å²) in [6, 6.07) is 5.35. The number of anilines is 1. The van der Waals surface area contributed by atoms with E-state index in [-0.39, 0.29) is 16.8 Å². The van der Waals surface area contributed by atoms with E-state index in [1.807, 2.05) is 17.9 Å². The second-order valence-electron chi connectivity index (χ2n) is 5.79. The Morgan fingerprint density at radius 1 is 1.35 bits per heavy atom. The van der Waals surface area contributed by atoms with E-state index in [2.05, 4.69) is 9.88 Å². The van der Waals surface area contributed by atoms with Crippen molar-refractivity contribution in [1.82, 2.24) is 14.3 Å². The Labute approximate surface area is 134 Å². The van der Waals surface area contributed by atoms with Gasteiger partial charge in [-0.2, -0.15) is 9.38 Å². The van der Waals surface area contributed by atoms with E-state index in [4.69, 9.17) is 0 Å². The predicted octanol–water partition coefficient (Wildman–Crippen LogP) is 1.14. The Morgan fingerprint density at radius 3 is 2.74 bits per heavy atom. The Bertz CT molecular complexity index is 693. The molecule has 8 heteroatoms. The summed E-state index contributed by atoms with van der Waals surface area (Å²) in [4.78, 5) is 19.7. The highest BCUT2D eigenvalue weighted by atomic mass is 16.6. The van der Waals surface area contributed by atoms with E-state index in [1.165, 1.54) is 4.40 Å². The number of imidazole rings is 1. The molecule has 0 spiro atoms. The van der Waals surface area contributed by atoms with Gasteiger partial charge in [-0.05, 0) is 17.4 Å². The first kappa shape index (κ1) is 15.7. The maximum absolute atomic E-state index is 11.5. The van der Waals surface area contributed by atoms with E-state index in [0.717, 1.165) is 19.5 Å². The molecule has 0 bridgehead atoms. The molecule has 2 aromatic heterocycles. The van der Waals surface area contributed by atoms with Crippen molar-refractivity contribution >= 4 is 17.3 Å². The molecule has 1 atom stereocenters. The lowest BCUT2D eigenvalue weighted by atomic mass is 10.2. The van der Waals surface area contributed by atoms with Gasteiger partial charge in [0.25, 0.3) is 0 Å². The van der Waals surface area contributed by atoms with Crippen molar-refractivity contribution in [1.29, 1.82) is 0 Å². The minimum atomic E-state index is -0.372. The van der Waals surface area contributed by atoms with E-state index < -0.39 is 0 Å². The molecule has 2 aromatic rings. The lowest BCUT2D eigenvalue weighted by Crippen LogP contribution is -2.48. The summed E-state index contributed by atoms with van der Waals surface area (Å²) in [5.41, 5.74) is 0.582. The number of aromatic nitrogens is 2. The maximum atomic E-state index is 11.5. The van der Waals surface area contributed by atoms with Crippen LogP contribution in [0.4, 0.5) is 11.6 Å². The van der Waals surface area contributed by atoms with Crippen LogP contribution < -0.4 is 4.90 Å². The molecule has 0 aliphatic carbocycles. The normalized spacial score (nSPS) is 17.6. The van der Waals surface area contributed by atoms with Crippen molar-refractivity contribution in [3.63, 3.8) is 0 Å². The number of aliphatic hydroxyl groups is 1. The number of rotatable bonds is 5. The Balaban J connectivity index is 1.79. The smallest absolute Gasteiger partial charge is 0.372 e. The number of β-amino-alcohol motifs (C(OH)–C–C–N with tert-alkyl or cyclic N) is 1. The zero-order chi connectivity index (χ0) is 16.4. The third-order valence-electron chi connectivity index (χ3n) is 4.27. The van der Waals surface area contributed by atoms with Crippen LogP contribution in [-0.4, -0.2) is 63.1 Å². The first-order valence-electron chi connectivity index (χ1n) is 7.87. The number of nitrogens with zero attached hydrogens (tertiary/aromatic N) is 5.